The van der Waals surface area contributed by atoms with Gasteiger partial charge in [-0.2, -0.15) is 0 Å². The summed E-state index contributed by atoms with van der Waals surface area (Å²) in [5.41, 5.74) is 40.5. The van der Waals surface area contributed by atoms with E-state index in [4.69, 9.17) is 33.2 Å². The molecule has 0 saturated carbocycles. The molecule has 0 aliphatic heterocycles. The third-order valence-corrected chi connectivity index (χ3v) is 1.34. The molecule has 10 nitrogen and oxygen atoms in total. The molecule has 0 aliphatic rings. The van der Waals surface area contributed by atoms with Crippen molar-refractivity contribution in [2.24, 2.45) is 0 Å². The van der Waals surface area contributed by atoms with E-state index < -0.39 is 0 Å². The van der Waals surface area contributed by atoms with E-state index in [9.17, 15) is 0 Å². The van der Waals surface area contributed by atoms with Crippen molar-refractivity contribution in [3.8, 4) is 0 Å². The van der Waals surface area contributed by atoms with E-state index in [1.165, 1.54) is 34.4 Å². The van der Waals surface area contributed by atoms with Crippen LogP contribution in [0.25, 0.3) is 47.9 Å². The maximum Gasteiger partial charge on any atom is 3.00 e. The average molecular weight is 297 g/mol. The van der Waals surface area contributed by atoms with Gasteiger partial charge in [0, 0.05) is 0 Å². The first-order valence-corrected chi connectivity index (χ1v) is 4.27. The predicted molar refractivity (Wildman–Crippen MR) is 69.4 cm³/mol. The van der Waals surface area contributed by atoms with Crippen molar-refractivity contribution in [3.63, 3.8) is 0 Å². The molecule has 0 unspecified atom stereocenters. The molecule has 0 radical (unpaired) electrons. The van der Waals surface area contributed by atoms with E-state index in [1.807, 2.05) is 0 Å². The third kappa shape index (κ3) is 111. The molecule has 0 N–H and O–H groups in total. The Hall–Kier alpha value is -1.47. The normalized spacial score (nSPS) is 5.65. The SMILES string of the molecule is CCN(CC)CC.[Ga+3].[N-]=[N+]=[N-].[N-]=[N+]=[N-].[N-]=[N+]=[N-]. The van der Waals surface area contributed by atoms with E-state index in [-0.39, 0.29) is 19.8 Å². The van der Waals surface area contributed by atoms with Gasteiger partial charge in [0.1, 0.15) is 0 Å². The van der Waals surface area contributed by atoms with Crippen LogP contribution >= 0.6 is 0 Å². The van der Waals surface area contributed by atoms with Crippen LogP contribution in [-0.4, -0.2) is 44.3 Å². The summed E-state index contributed by atoms with van der Waals surface area (Å²) in [7, 11) is 0. The van der Waals surface area contributed by atoms with Crippen LogP contribution in [0.3, 0.4) is 0 Å². The summed E-state index contributed by atoms with van der Waals surface area (Å²) in [4.78, 5) is 6.88. The fourth-order valence-electron chi connectivity index (χ4n) is 0.671. The van der Waals surface area contributed by atoms with Crippen LogP contribution in [0.2, 0.25) is 0 Å². The first-order chi connectivity index (χ1) is 7.59. The summed E-state index contributed by atoms with van der Waals surface area (Å²) < 4.78 is 0. The Morgan fingerprint density at radius 1 is 0.647 bits per heavy atom. The topological polar surface area (TPSA) is 179 Å². The third-order valence-electron chi connectivity index (χ3n) is 1.34. The van der Waals surface area contributed by atoms with Crippen LogP contribution in [0.5, 0.6) is 0 Å². The summed E-state index contributed by atoms with van der Waals surface area (Å²) in [5, 5.41) is 0. The van der Waals surface area contributed by atoms with Gasteiger partial charge >= 0.3 is 19.8 Å². The van der Waals surface area contributed by atoms with Crippen LogP contribution in [0, 0.1) is 0 Å². The Morgan fingerprint density at radius 3 is 0.765 bits per heavy atom. The molecule has 0 aromatic rings. The molecule has 0 aromatic heterocycles. The van der Waals surface area contributed by atoms with Gasteiger partial charge in [-0.25, -0.2) is 0 Å². The standard InChI is InChI=1S/C6H15N.Ga.3N3/c1-4-7(5-2)6-3;;3*1-3-2/h4-6H2,1-3H3;;;;/q;+3;3*-1. The second-order valence-electron chi connectivity index (χ2n) is 1.89. The van der Waals surface area contributed by atoms with Gasteiger partial charge in [-0.05, 0) is 19.6 Å². The van der Waals surface area contributed by atoms with Crippen LogP contribution in [-0.2, 0) is 0 Å². The molecule has 0 heterocycles. The number of hydrogen-bond donors (Lipinski definition) is 0. The molecule has 17 heavy (non-hydrogen) atoms. The monoisotopic (exact) mass is 296 g/mol. The summed E-state index contributed by atoms with van der Waals surface area (Å²) in [5.74, 6) is 0. The van der Waals surface area contributed by atoms with Crippen molar-refractivity contribution in [1.82, 2.24) is 4.90 Å². The number of nitrogens with zero attached hydrogens (tertiary/aromatic N) is 10. The van der Waals surface area contributed by atoms with Gasteiger partial charge in [-0.3, -0.25) is 14.7 Å². The minimum Gasteiger partial charge on any atom is -0.373 e. The maximum absolute atomic E-state index is 6.75. The zero-order chi connectivity index (χ0) is 13.8. The fraction of sp³-hybridized carbons (Fsp3) is 1.00. The van der Waals surface area contributed by atoms with Crippen molar-refractivity contribution >= 4 is 19.8 Å². The average Bonchev–Trinajstić information content (AvgIpc) is 2.24. The Labute approximate surface area is 113 Å². The molecule has 0 aliphatic carbocycles. The summed E-state index contributed by atoms with van der Waals surface area (Å²) >= 11 is 0. The Kier molecular flexibility index (Phi) is 81.6. The van der Waals surface area contributed by atoms with E-state index in [1.54, 1.807) is 0 Å². The molecule has 0 spiro atoms. The fourth-order valence-corrected chi connectivity index (χ4v) is 0.671. The van der Waals surface area contributed by atoms with Gasteiger partial charge in [0.2, 0.25) is 0 Å². The van der Waals surface area contributed by atoms with Gasteiger partial charge in [0.15, 0.2) is 0 Å². The Morgan fingerprint density at radius 2 is 0.765 bits per heavy atom. The molecule has 0 rings (SSSR count). The first-order valence-electron chi connectivity index (χ1n) is 4.27. The van der Waals surface area contributed by atoms with Gasteiger partial charge < -0.3 is 38.1 Å². The molecule has 0 amide bonds. The van der Waals surface area contributed by atoms with Crippen molar-refractivity contribution in [3.05, 3.63) is 47.9 Å². The van der Waals surface area contributed by atoms with Gasteiger partial charge in [0.05, 0.1) is 0 Å². The summed E-state index contributed by atoms with van der Waals surface area (Å²) in [6, 6.07) is 0. The van der Waals surface area contributed by atoms with Gasteiger partial charge in [0.25, 0.3) is 0 Å². The molecule has 0 saturated heterocycles. The number of rotatable bonds is 3. The van der Waals surface area contributed by atoms with Crippen molar-refractivity contribution in [2.45, 2.75) is 20.8 Å². The first kappa shape index (κ1) is 29.6. The minimum absolute atomic E-state index is 0. The molecule has 0 bridgehead atoms. The zero-order valence-electron chi connectivity index (χ0n) is 10.2. The second kappa shape index (κ2) is 46.9. The predicted octanol–water partition coefficient (Wildman–Crippen LogP) is 3.57. The Balaban J connectivity index is -0.0000000411. The minimum atomic E-state index is 0. The molecule has 0 atom stereocenters. The van der Waals surface area contributed by atoms with E-state index >= 15 is 0 Å². The molecule has 92 valence electrons. The second-order valence-corrected chi connectivity index (χ2v) is 1.89. The van der Waals surface area contributed by atoms with E-state index in [0.29, 0.717) is 0 Å². The summed E-state index contributed by atoms with van der Waals surface area (Å²) in [6.45, 7) is 10.1. The van der Waals surface area contributed by atoms with Crippen molar-refractivity contribution in [1.29, 1.82) is 0 Å². The maximum atomic E-state index is 6.75. The van der Waals surface area contributed by atoms with Crippen molar-refractivity contribution < 1.29 is 0 Å². The zero-order valence-corrected chi connectivity index (χ0v) is 12.6. The smallest absolute Gasteiger partial charge is 0.373 e. The molecular weight excluding hydrogens is 282 g/mol. The van der Waals surface area contributed by atoms with Gasteiger partial charge in [-0.15, -0.1) is 0 Å². The summed E-state index contributed by atoms with van der Waals surface area (Å²) in [6.07, 6.45) is 0. The van der Waals surface area contributed by atoms with Crippen LogP contribution < -0.4 is 0 Å². The molecule has 0 aromatic carbocycles. The van der Waals surface area contributed by atoms with Gasteiger partial charge in [-0.1, -0.05) is 20.8 Å². The Bertz CT molecular complexity index is 173. The number of hydrogen-bond acceptors (Lipinski definition) is 1. The molecule has 0 fully saturated rings. The molecular formula is C6H15GaN10. The van der Waals surface area contributed by atoms with E-state index in [2.05, 4.69) is 25.7 Å². The van der Waals surface area contributed by atoms with Crippen LogP contribution in [0.1, 0.15) is 20.8 Å². The molecule has 11 heteroatoms. The van der Waals surface area contributed by atoms with E-state index in [0.717, 1.165) is 0 Å². The van der Waals surface area contributed by atoms with Crippen LogP contribution in [0.4, 0.5) is 0 Å². The largest absolute Gasteiger partial charge is 3.00 e. The quantitative estimate of drug-likeness (QED) is 0.328. The van der Waals surface area contributed by atoms with Crippen molar-refractivity contribution in [2.75, 3.05) is 19.6 Å². The van der Waals surface area contributed by atoms with Crippen LogP contribution in [0.15, 0.2) is 0 Å².